The minimum Gasteiger partial charge on any atom is -0.258 e. The Morgan fingerprint density at radius 3 is 2.53 bits per heavy atom. The van der Waals surface area contributed by atoms with Crippen LogP contribution in [0.1, 0.15) is 37.9 Å². The summed E-state index contributed by atoms with van der Waals surface area (Å²) in [6, 6.07) is 0. The molecule has 1 heterocycles. The zero-order valence-electron chi connectivity index (χ0n) is 10.2. The summed E-state index contributed by atoms with van der Waals surface area (Å²) in [4.78, 5) is 4.13. The molecule has 1 rings (SSSR count). The molecule has 0 N–H and O–H groups in total. The highest BCUT2D eigenvalue weighted by atomic mass is 35.5. The average Bonchev–Trinajstić information content (AvgIpc) is 2.23. The first-order valence-corrected chi connectivity index (χ1v) is 6.21. The quantitative estimate of drug-likeness (QED) is 0.707. The summed E-state index contributed by atoms with van der Waals surface area (Å²) in [6.07, 6.45) is 1.11. The van der Waals surface area contributed by atoms with E-state index in [1.165, 1.54) is 13.1 Å². The van der Waals surface area contributed by atoms with Crippen molar-refractivity contribution in [1.29, 1.82) is 0 Å². The number of hydrogen-bond acceptors (Lipinski definition) is 1. The van der Waals surface area contributed by atoms with Crippen LogP contribution in [0.15, 0.2) is 18.3 Å². The lowest BCUT2D eigenvalue weighted by molar-refractivity contribution is 0.314. The van der Waals surface area contributed by atoms with Crippen LogP contribution in [0.5, 0.6) is 0 Å². The molecular weight excluding hydrogens is 260 g/mol. The molecule has 0 fully saturated rings. The molecule has 0 bridgehead atoms. The van der Waals surface area contributed by atoms with Gasteiger partial charge in [0, 0.05) is 12.1 Å². The van der Waals surface area contributed by atoms with Crippen LogP contribution in [-0.2, 0) is 6.42 Å². The maximum absolute atomic E-state index is 13.3. The van der Waals surface area contributed by atoms with Crippen molar-refractivity contribution in [2.45, 2.75) is 39.3 Å². The Bertz CT molecular complexity index is 430. The molecule has 0 saturated heterocycles. The Kier molecular flexibility index (Phi) is 4.96. The highest BCUT2D eigenvalue weighted by molar-refractivity contribution is 6.36. The van der Waals surface area contributed by atoms with Crippen LogP contribution in [0, 0.1) is 0 Å². The number of pyridine rings is 1. The van der Waals surface area contributed by atoms with Crippen LogP contribution in [-0.4, -0.2) is 11.2 Å². The van der Waals surface area contributed by atoms with Crippen LogP contribution < -0.4 is 0 Å². The Morgan fingerprint density at radius 2 is 2.06 bits per heavy atom. The van der Waals surface area contributed by atoms with Crippen LogP contribution in [0.25, 0.3) is 0 Å². The van der Waals surface area contributed by atoms with Crippen molar-refractivity contribution in [3.8, 4) is 0 Å². The summed E-state index contributed by atoms with van der Waals surface area (Å²) >= 11 is 12.3. The molecule has 17 heavy (non-hydrogen) atoms. The van der Waals surface area contributed by atoms with Crippen LogP contribution in [0.2, 0.25) is 10.0 Å². The Labute approximate surface area is 112 Å². The summed E-state index contributed by atoms with van der Waals surface area (Å²) in [5, 5.41) is 0.956. The Morgan fingerprint density at radius 1 is 1.47 bits per heavy atom. The second-order valence-corrected chi connectivity index (χ2v) is 5.17. The molecule has 0 saturated carbocycles. The lowest BCUT2D eigenvalue weighted by Crippen LogP contribution is -2.10. The van der Waals surface area contributed by atoms with Gasteiger partial charge in [0.1, 0.15) is 6.17 Å². The molecule has 2 atom stereocenters. The van der Waals surface area contributed by atoms with Crippen molar-refractivity contribution in [2.24, 2.45) is 0 Å². The largest absolute Gasteiger partial charge is 0.258 e. The summed E-state index contributed by atoms with van der Waals surface area (Å²) in [5.74, 6) is -0.344. The maximum atomic E-state index is 13.3. The molecule has 94 valence electrons. The molecular formula is C13H16Cl2FN. The molecule has 0 amide bonds. The maximum Gasteiger partial charge on any atom is 0.105 e. The van der Waals surface area contributed by atoms with Crippen molar-refractivity contribution >= 4 is 23.2 Å². The van der Waals surface area contributed by atoms with Gasteiger partial charge in [-0.3, -0.25) is 4.98 Å². The van der Waals surface area contributed by atoms with Gasteiger partial charge in [-0.2, -0.15) is 0 Å². The van der Waals surface area contributed by atoms with E-state index in [9.17, 15) is 4.39 Å². The second-order valence-electron chi connectivity index (χ2n) is 4.38. The molecule has 0 radical (unpaired) electrons. The van der Waals surface area contributed by atoms with E-state index >= 15 is 0 Å². The highest BCUT2D eigenvalue weighted by Gasteiger charge is 2.21. The Balaban J connectivity index is 3.23. The number of nitrogens with zero attached hydrogens (tertiary/aromatic N) is 1. The van der Waals surface area contributed by atoms with E-state index in [4.69, 9.17) is 23.2 Å². The minimum atomic E-state index is -1.00. The van der Waals surface area contributed by atoms with Crippen molar-refractivity contribution in [2.75, 3.05) is 0 Å². The van der Waals surface area contributed by atoms with Crippen molar-refractivity contribution in [3.05, 3.63) is 39.7 Å². The molecule has 2 unspecified atom stereocenters. The summed E-state index contributed by atoms with van der Waals surface area (Å²) in [6.45, 7) is 8.98. The fraction of sp³-hybridized carbons (Fsp3) is 0.462. The SMILES string of the molecule is C=C(C)Cc1c(Cl)cnc(C(C)C(C)F)c1Cl. The Hall–Kier alpha value is -0.600. The lowest BCUT2D eigenvalue weighted by atomic mass is 9.99. The standard InChI is InChI=1S/C13H16Cl2FN/c1-7(2)5-10-11(14)6-17-13(12(10)15)8(3)9(4)16/h6,8-9H,1,5H2,2-4H3. The number of halogens is 3. The van der Waals surface area contributed by atoms with Gasteiger partial charge in [-0.05, 0) is 25.8 Å². The number of rotatable bonds is 4. The smallest absolute Gasteiger partial charge is 0.105 e. The monoisotopic (exact) mass is 275 g/mol. The summed E-state index contributed by atoms with van der Waals surface area (Å²) in [5.41, 5.74) is 2.28. The molecule has 1 nitrogen and oxygen atoms in total. The first-order chi connectivity index (χ1) is 7.84. The summed E-state index contributed by atoms with van der Waals surface area (Å²) < 4.78 is 13.3. The fourth-order valence-corrected chi connectivity index (χ4v) is 2.17. The predicted molar refractivity (Wildman–Crippen MR) is 71.8 cm³/mol. The molecule has 0 aliphatic heterocycles. The lowest BCUT2D eigenvalue weighted by Gasteiger charge is -2.17. The highest BCUT2D eigenvalue weighted by Crippen LogP contribution is 2.33. The van der Waals surface area contributed by atoms with Gasteiger partial charge in [-0.15, -0.1) is 0 Å². The third-order valence-corrected chi connectivity index (χ3v) is 3.44. The van der Waals surface area contributed by atoms with E-state index < -0.39 is 6.17 Å². The zero-order chi connectivity index (χ0) is 13.2. The topological polar surface area (TPSA) is 12.9 Å². The summed E-state index contributed by atoms with van der Waals surface area (Å²) in [7, 11) is 0. The minimum absolute atomic E-state index is 0.344. The molecule has 0 aliphatic rings. The van der Waals surface area contributed by atoms with E-state index in [0.717, 1.165) is 11.1 Å². The van der Waals surface area contributed by atoms with Crippen molar-refractivity contribution in [3.63, 3.8) is 0 Å². The van der Waals surface area contributed by atoms with Crippen molar-refractivity contribution in [1.82, 2.24) is 4.98 Å². The van der Waals surface area contributed by atoms with E-state index in [1.807, 2.05) is 6.92 Å². The molecule has 1 aromatic heterocycles. The molecule has 0 spiro atoms. The molecule has 4 heteroatoms. The third kappa shape index (κ3) is 3.43. The van der Waals surface area contributed by atoms with E-state index in [-0.39, 0.29) is 5.92 Å². The molecule has 0 aliphatic carbocycles. The van der Waals surface area contributed by atoms with E-state index in [1.54, 1.807) is 6.92 Å². The number of alkyl halides is 1. The van der Waals surface area contributed by atoms with Crippen molar-refractivity contribution < 1.29 is 4.39 Å². The first-order valence-electron chi connectivity index (χ1n) is 5.45. The number of hydrogen-bond donors (Lipinski definition) is 0. The van der Waals surface area contributed by atoms with Gasteiger partial charge in [-0.25, -0.2) is 4.39 Å². The number of aromatic nitrogens is 1. The normalized spacial score (nSPS) is 14.5. The van der Waals surface area contributed by atoms with Crippen LogP contribution in [0.4, 0.5) is 4.39 Å². The van der Waals surface area contributed by atoms with Gasteiger partial charge in [0.15, 0.2) is 0 Å². The van der Waals surface area contributed by atoms with E-state index in [0.29, 0.717) is 22.2 Å². The number of allylic oxidation sites excluding steroid dienone is 1. The predicted octanol–water partition coefficient (Wildman–Crippen LogP) is 4.97. The molecule has 0 aromatic carbocycles. The fourth-order valence-electron chi connectivity index (χ4n) is 1.52. The average molecular weight is 276 g/mol. The van der Waals surface area contributed by atoms with E-state index in [2.05, 4.69) is 11.6 Å². The third-order valence-electron chi connectivity index (χ3n) is 2.69. The molecule has 1 aromatic rings. The van der Waals surface area contributed by atoms with Gasteiger partial charge in [0.2, 0.25) is 0 Å². The van der Waals surface area contributed by atoms with Gasteiger partial charge < -0.3 is 0 Å². The first kappa shape index (κ1) is 14.5. The second kappa shape index (κ2) is 5.83. The van der Waals surface area contributed by atoms with Gasteiger partial charge in [-0.1, -0.05) is 42.3 Å². The van der Waals surface area contributed by atoms with Gasteiger partial charge in [0.25, 0.3) is 0 Å². The van der Waals surface area contributed by atoms with Gasteiger partial charge in [0.05, 0.1) is 15.7 Å². The van der Waals surface area contributed by atoms with Crippen LogP contribution >= 0.6 is 23.2 Å². The van der Waals surface area contributed by atoms with Crippen LogP contribution in [0.3, 0.4) is 0 Å². The zero-order valence-corrected chi connectivity index (χ0v) is 11.7. The van der Waals surface area contributed by atoms with Gasteiger partial charge >= 0.3 is 0 Å².